The number of amides is 3. The van der Waals surface area contributed by atoms with E-state index in [2.05, 4.69) is 15.6 Å². The molecule has 0 aliphatic carbocycles. The minimum Gasteiger partial charge on any atom is -0.457 e. The first kappa shape index (κ1) is 24.7. The zero-order chi connectivity index (χ0) is 26.3. The van der Waals surface area contributed by atoms with Gasteiger partial charge in [0.05, 0.1) is 29.6 Å². The maximum Gasteiger partial charge on any atom is 0.327 e. The molecule has 196 valence electrons. The zero-order valence-electron chi connectivity index (χ0n) is 20.8. The zero-order valence-corrected chi connectivity index (χ0v) is 21.7. The van der Waals surface area contributed by atoms with Crippen LogP contribution in [0.4, 0.5) is 16.2 Å². The Balaban J connectivity index is 1.28. The summed E-state index contributed by atoms with van der Waals surface area (Å²) in [5.74, 6) is 1.17. The summed E-state index contributed by atoms with van der Waals surface area (Å²) in [6.07, 6.45) is 2.74. The lowest BCUT2D eigenvalue weighted by molar-refractivity contribution is -0.125. The molecular weight excluding hydrogens is 504 g/mol. The van der Waals surface area contributed by atoms with Crippen molar-refractivity contribution in [3.8, 4) is 11.5 Å². The highest BCUT2D eigenvalue weighted by Crippen LogP contribution is 2.51. The van der Waals surface area contributed by atoms with Gasteiger partial charge >= 0.3 is 6.03 Å². The Morgan fingerprint density at radius 1 is 1.18 bits per heavy atom. The number of carbonyl (C=O) groups is 2. The Morgan fingerprint density at radius 3 is 2.71 bits per heavy atom. The van der Waals surface area contributed by atoms with Gasteiger partial charge in [0, 0.05) is 25.0 Å². The molecule has 3 N–H and O–H groups in total. The number of para-hydroxylation sites is 1. The molecule has 1 fully saturated rings. The van der Waals surface area contributed by atoms with Crippen molar-refractivity contribution in [1.82, 2.24) is 15.6 Å². The van der Waals surface area contributed by atoms with Crippen LogP contribution in [0.5, 0.6) is 11.5 Å². The molecule has 0 radical (unpaired) electrons. The van der Waals surface area contributed by atoms with Crippen LogP contribution in [-0.2, 0) is 9.53 Å². The van der Waals surface area contributed by atoms with Gasteiger partial charge in [0.1, 0.15) is 21.8 Å². The van der Waals surface area contributed by atoms with Crippen molar-refractivity contribution in [2.45, 2.75) is 41.6 Å². The standard InChI is InChI=1S/C28H28N4O5S/c1-17-15-19(37-18-5-3-2-4-6-18)7-8-20(17)32-21-9-12-29-26-22(21)23(30-27(32)35)24(38-26)25(34)31-28(16-33)10-13-36-14-11-28/h2-9,12,15,23-24,33H,10-11,13-14,16H2,1H3,(H,30,35)(H,31,34). The molecule has 3 amide bonds. The van der Waals surface area contributed by atoms with Gasteiger partial charge in [-0.25, -0.2) is 9.78 Å². The minimum absolute atomic E-state index is 0.163. The molecule has 2 unspecified atom stereocenters. The number of nitrogens with one attached hydrogen (secondary N) is 2. The number of nitrogens with zero attached hydrogens (tertiary/aromatic N) is 2. The highest BCUT2D eigenvalue weighted by molar-refractivity contribution is 8.01. The Bertz CT molecular complexity index is 1380. The first-order chi connectivity index (χ1) is 18.5. The summed E-state index contributed by atoms with van der Waals surface area (Å²) >= 11 is 1.34. The van der Waals surface area contributed by atoms with Crippen LogP contribution in [0.15, 0.2) is 65.8 Å². The number of hydrogen-bond acceptors (Lipinski definition) is 7. The maximum absolute atomic E-state index is 13.5. The summed E-state index contributed by atoms with van der Waals surface area (Å²) in [6, 6.07) is 16.1. The maximum atomic E-state index is 13.5. The Labute approximate surface area is 224 Å². The van der Waals surface area contributed by atoms with Crippen LogP contribution in [0.2, 0.25) is 0 Å². The largest absolute Gasteiger partial charge is 0.457 e. The number of thioether (sulfide) groups is 1. The molecule has 1 saturated heterocycles. The molecule has 38 heavy (non-hydrogen) atoms. The number of rotatable bonds is 6. The summed E-state index contributed by atoms with van der Waals surface area (Å²) in [6.45, 7) is 2.73. The molecule has 6 rings (SSSR count). The molecule has 4 heterocycles. The first-order valence-electron chi connectivity index (χ1n) is 12.6. The van der Waals surface area contributed by atoms with Crippen LogP contribution in [0.1, 0.15) is 30.0 Å². The molecule has 0 spiro atoms. The van der Waals surface area contributed by atoms with E-state index in [1.807, 2.05) is 61.5 Å². The van der Waals surface area contributed by atoms with Crippen LogP contribution < -0.4 is 20.3 Å². The van der Waals surface area contributed by atoms with Gasteiger partial charge in [0.25, 0.3) is 0 Å². The Morgan fingerprint density at radius 2 is 1.97 bits per heavy atom. The van der Waals surface area contributed by atoms with Crippen LogP contribution in [-0.4, -0.2) is 52.6 Å². The van der Waals surface area contributed by atoms with Crippen molar-refractivity contribution in [3.63, 3.8) is 0 Å². The van der Waals surface area contributed by atoms with Crippen molar-refractivity contribution in [2.24, 2.45) is 0 Å². The van der Waals surface area contributed by atoms with E-state index in [0.29, 0.717) is 48.2 Å². The quantitative estimate of drug-likeness (QED) is 0.436. The molecule has 0 bridgehead atoms. The number of anilines is 2. The van der Waals surface area contributed by atoms with Crippen molar-refractivity contribution < 1.29 is 24.2 Å². The number of ether oxygens (including phenoxy) is 2. The lowest BCUT2D eigenvalue weighted by atomic mass is 9.90. The third kappa shape index (κ3) is 4.38. The lowest BCUT2D eigenvalue weighted by Gasteiger charge is -2.38. The molecule has 3 aliphatic rings. The van der Waals surface area contributed by atoms with Crippen molar-refractivity contribution in [3.05, 3.63) is 71.9 Å². The third-order valence-corrected chi connectivity index (χ3v) is 8.58. The van der Waals surface area contributed by atoms with Gasteiger partial charge in [-0.1, -0.05) is 30.0 Å². The number of aromatic nitrogens is 1. The van der Waals surface area contributed by atoms with Gasteiger partial charge in [-0.2, -0.15) is 0 Å². The number of aliphatic hydroxyl groups excluding tert-OH is 1. The fraction of sp³-hybridized carbons (Fsp3) is 0.321. The summed E-state index contributed by atoms with van der Waals surface area (Å²) in [5.41, 5.74) is 2.39. The Hall–Kier alpha value is -3.60. The van der Waals surface area contributed by atoms with E-state index in [-0.39, 0.29) is 18.5 Å². The van der Waals surface area contributed by atoms with E-state index in [9.17, 15) is 14.7 Å². The summed E-state index contributed by atoms with van der Waals surface area (Å²) in [5, 5.41) is 16.3. The van der Waals surface area contributed by atoms with Crippen LogP contribution in [0.3, 0.4) is 0 Å². The fourth-order valence-electron chi connectivity index (χ4n) is 5.25. The first-order valence-corrected chi connectivity index (χ1v) is 13.5. The number of benzene rings is 2. The molecular formula is C28H28N4O5S. The van der Waals surface area contributed by atoms with Gasteiger partial charge in [-0.3, -0.25) is 9.69 Å². The molecule has 2 atom stereocenters. The average Bonchev–Trinajstić information content (AvgIpc) is 3.30. The highest BCUT2D eigenvalue weighted by Gasteiger charge is 2.48. The van der Waals surface area contributed by atoms with Crippen LogP contribution >= 0.6 is 11.8 Å². The smallest absolute Gasteiger partial charge is 0.327 e. The predicted octanol–water partition coefficient (Wildman–Crippen LogP) is 4.22. The Kier molecular flexibility index (Phi) is 6.46. The van der Waals surface area contributed by atoms with Gasteiger partial charge < -0.3 is 25.2 Å². The van der Waals surface area contributed by atoms with E-state index in [4.69, 9.17) is 9.47 Å². The molecule has 2 aromatic carbocycles. The number of pyridine rings is 1. The SMILES string of the molecule is Cc1cc(Oc2ccccc2)ccc1N1C(=O)NC2c3c1ccnc3SC2C(=O)NC1(CO)CCOCC1. The average molecular weight is 533 g/mol. The number of hydrogen-bond donors (Lipinski definition) is 3. The number of urea groups is 1. The molecule has 10 heteroatoms. The van der Waals surface area contributed by atoms with Gasteiger partial charge in [-0.05, 0) is 61.7 Å². The van der Waals surface area contributed by atoms with Crippen molar-refractivity contribution in [2.75, 3.05) is 24.7 Å². The molecule has 3 aromatic rings. The number of aliphatic hydroxyl groups is 1. The topological polar surface area (TPSA) is 113 Å². The molecule has 1 aromatic heterocycles. The fourth-order valence-corrected chi connectivity index (χ4v) is 6.48. The number of aryl methyl sites for hydroxylation is 1. The van der Waals surface area contributed by atoms with E-state index in [1.165, 1.54) is 11.8 Å². The number of carbonyl (C=O) groups excluding carboxylic acids is 2. The predicted molar refractivity (Wildman–Crippen MR) is 143 cm³/mol. The van der Waals surface area contributed by atoms with Gasteiger partial charge in [0.15, 0.2) is 0 Å². The van der Waals surface area contributed by atoms with E-state index >= 15 is 0 Å². The second kappa shape index (κ2) is 9.94. The van der Waals surface area contributed by atoms with Crippen LogP contribution in [0.25, 0.3) is 0 Å². The van der Waals surface area contributed by atoms with Gasteiger partial charge in [0.2, 0.25) is 5.91 Å². The van der Waals surface area contributed by atoms with Crippen LogP contribution in [0, 0.1) is 6.92 Å². The van der Waals surface area contributed by atoms with E-state index in [0.717, 1.165) is 16.9 Å². The lowest BCUT2D eigenvalue weighted by Crippen LogP contribution is -2.58. The summed E-state index contributed by atoms with van der Waals surface area (Å²) in [7, 11) is 0. The van der Waals surface area contributed by atoms with Crippen molar-refractivity contribution >= 4 is 35.1 Å². The summed E-state index contributed by atoms with van der Waals surface area (Å²) in [4.78, 5) is 33.1. The normalized spacial score (nSPS) is 21.4. The third-order valence-electron chi connectivity index (χ3n) is 7.29. The van der Waals surface area contributed by atoms with E-state index < -0.39 is 16.8 Å². The molecule has 0 saturated carbocycles. The van der Waals surface area contributed by atoms with Crippen molar-refractivity contribution in [1.29, 1.82) is 0 Å². The minimum atomic E-state index is -0.716. The highest BCUT2D eigenvalue weighted by atomic mass is 32.2. The second-order valence-electron chi connectivity index (χ2n) is 9.75. The summed E-state index contributed by atoms with van der Waals surface area (Å²) < 4.78 is 11.4. The van der Waals surface area contributed by atoms with Gasteiger partial charge in [-0.15, -0.1) is 0 Å². The van der Waals surface area contributed by atoms with E-state index in [1.54, 1.807) is 11.1 Å². The molecule has 3 aliphatic heterocycles. The molecule has 9 nitrogen and oxygen atoms in total. The monoisotopic (exact) mass is 532 g/mol. The second-order valence-corrected chi connectivity index (χ2v) is 10.9.